The van der Waals surface area contributed by atoms with Crippen molar-refractivity contribution in [3.05, 3.63) is 34.4 Å². The SMILES string of the molecule is CC[C@@H](C)OC(=O)C[S@](=O)c1ccccc1[N+](=O)[O-]. The summed E-state index contributed by atoms with van der Waals surface area (Å²) < 4.78 is 16.9. The van der Waals surface area contributed by atoms with Gasteiger partial charge in [-0.05, 0) is 19.4 Å². The Labute approximate surface area is 113 Å². The Hall–Kier alpha value is -1.76. The molecule has 0 aromatic heterocycles. The summed E-state index contributed by atoms with van der Waals surface area (Å²) in [4.78, 5) is 21.7. The average molecular weight is 285 g/mol. The molecule has 2 atom stereocenters. The van der Waals surface area contributed by atoms with Crippen LogP contribution in [0.3, 0.4) is 0 Å². The highest BCUT2D eigenvalue weighted by Crippen LogP contribution is 2.21. The number of carbonyl (C=O) groups is 1. The molecule has 0 spiro atoms. The number of carbonyl (C=O) groups excluding carboxylic acids is 1. The summed E-state index contributed by atoms with van der Waals surface area (Å²) >= 11 is 0. The van der Waals surface area contributed by atoms with E-state index >= 15 is 0 Å². The van der Waals surface area contributed by atoms with E-state index in [0.717, 1.165) is 0 Å². The molecule has 1 aromatic carbocycles. The Morgan fingerprint density at radius 3 is 2.68 bits per heavy atom. The molecule has 0 amide bonds. The van der Waals surface area contributed by atoms with Crippen molar-refractivity contribution in [2.75, 3.05) is 5.75 Å². The molecule has 1 aromatic rings. The fraction of sp³-hybridized carbons (Fsp3) is 0.417. The van der Waals surface area contributed by atoms with Crippen molar-refractivity contribution in [1.82, 2.24) is 0 Å². The van der Waals surface area contributed by atoms with Crippen molar-refractivity contribution in [3.63, 3.8) is 0 Å². The van der Waals surface area contributed by atoms with Crippen LogP contribution in [-0.4, -0.2) is 27.0 Å². The first-order valence-corrected chi connectivity index (χ1v) is 7.08. The molecule has 0 fully saturated rings. The third kappa shape index (κ3) is 4.44. The lowest BCUT2D eigenvalue weighted by molar-refractivity contribution is -0.387. The Balaban J connectivity index is 2.79. The molecule has 0 radical (unpaired) electrons. The second kappa shape index (κ2) is 6.98. The van der Waals surface area contributed by atoms with Crippen LogP contribution in [-0.2, 0) is 20.3 Å². The largest absolute Gasteiger partial charge is 0.462 e. The van der Waals surface area contributed by atoms with E-state index in [1.165, 1.54) is 18.2 Å². The van der Waals surface area contributed by atoms with Crippen molar-refractivity contribution in [2.24, 2.45) is 0 Å². The molecule has 0 aliphatic carbocycles. The molecule has 0 N–H and O–H groups in total. The minimum Gasteiger partial charge on any atom is -0.462 e. The average Bonchev–Trinajstić information content (AvgIpc) is 2.38. The second-order valence-electron chi connectivity index (χ2n) is 3.92. The van der Waals surface area contributed by atoms with Gasteiger partial charge in [-0.2, -0.15) is 0 Å². The van der Waals surface area contributed by atoms with Crippen molar-refractivity contribution < 1.29 is 18.7 Å². The highest BCUT2D eigenvalue weighted by Gasteiger charge is 2.21. The summed E-state index contributed by atoms with van der Waals surface area (Å²) in [5.41, 5.74) is -0.253. The number of nitro benzene ring substituents is 1. The molecule has 0 heterocycles. The molecule has 0 bridgehead atoms. The van der Waals surface area contributed by atoms with E-state index < -0.39 is 21.7 Å². The number of hydrogen-bond acceptors (Lipinski definition) is 5. The molecule has 0 aliphatic heterocycles. The van der Waals surface area contributed by atoms with Gasteiger partial charge in [-0.3, -0.25) is 19.1 Å². The molecule has 7 heteroatoms. The smallest absolute Gasteiger partial charge is 0.319 e. The quantitative estimate of drug-likeness (QED) is 0.453. The molecule has 0 aliphatic rings. The van der Waals surface area contributed by atoms with Crippen LogP contribution in [0.5, 0.6) is 0 Å². The normalized spacial score (nSPS) is 13.6. The van der Waals surface area contributed by atoms with Crippen LogP contribution in [0.15, 0.2) is 29.2 Å². The van der Waals surface area contributed by atoms with Gasteiger partial charge < -0.3 is 4.74 Å². The zero-order chi connectivity index (χ0) is 14.4. The summed E-state index contributed by atoms with van der Waals surface area (Å²) in [6.07, 6.45) is 0.402. The first-order valence-electron chi connectivity index (χ1n) is 5.77. The number of nitrogens with zero attached hydrogens (tertiary/aromatic N) is 1. The first-order chi connectivity index (χ1) is 8.95. The molecular weight excluding hydrogens is 270 g/mol. The summed E-state index contributed by atoms with van der Waals surface area (Å²) in [7, 11) is -1.78. The van der Waals surface area contributed by atoms with Gasteiger partial charge in [-0.15, -0.1) is 0 Å². The number of benzene rings is 1. The predicted molar refractivity (Wildman–Crippen MR) is 70.2 cm³/mol. The van der Waals surface area contributed by atoms with Gasteiger partial charge in [0, 0.05) is 6.07 Å². The molecule has 19 heavy (non-hydrogen) atoms. The maximum absolute atomic E-state index is 12.0. The van der Waals surface area contributed by atoms with E-state index in [-0.39, 0.29) is 22.4 Å². The molecule has 1 rings (SSSR count). The van der Waals surface area contributed by atoms with Crippen molar-refractivity contribution >= 4 is 22.5 Å². The molecule has 0 unspecified atom stereocenters. The number of esters is 1. The Kier molecular flexibility index (Phi) is 5.62. The van der Waals surface area contributed by atoms with Crippen LogP contribution in [0.2, 0.25) is 0 Å². The van der Waals surface area contributed by atoms with Crippen molar-refractivity contribution in [3.8, 4) is 0 Å². The minimum absolute atomic E-state index is 0.0357. The Morgan fingerprint density at radius 1 is 1.47 bits per heavy atom. The van der Waals surface area contributed by atoms with E-state index in [2.05, 4.69) is 0 Å². The zero-order valence-corrected chi connectivity index (χ0v) is 11.5. The lowest BCUT2D eigenvalue weighted by Gasteiger charge is -2.10. The van der Waals surface area contributed by atoms with Gasteiger partial charge in [-0.1, -0.05) is 19.1 Å². The van der Waals surface area contributed by atoms with Crippen LogP contribution in [0.25, 0.3) is 0 Å². The standard InChI is InChI=1S/C12H15NO5S/c1-3-9(2)18-12(14)8-19(17)11-7-5-4-6-10(11)13(15)16/h4-7,9H,3,8H2,1-2H3/t9-,19+/m1/s1. The maximum Gasteiger partial charge on any atom is 0.319 e. The summed E-state index contributed by atoms with van der Waals surface area (Å²) in [5.74, 6) is -0.999. The topological polar surface area (TPSA) is 86.5 Å². The van der Waals surface area contributed by atoms with Gasteiger partial charge in [0.05, 0.1) is 21.8 Å². The monoisotopic (exact) mass is 285 g/mol. The fourth-order valence-electron chi connectivity index (χ4n) is 1.33. The third-order valence-corrected chi connectivity index (χ3v) is 3.80. The van der Waals surface area contributed by atoms with Gasteiger partial charge in [-0.25, -0.2) is 0 Å². The second-order valence-corrected chi connectivity index (χ2v) is 5.34. The van der Waals surface area contributed by atoms with Crippen LogP contribution < -0.4 is 0 Å². The van der Waals surface area contributed by atoms with E-state index in [1.807, 2.05) is 6.92 Å². The van der Waals surface area contributed by atoms with Gasteiger partial charge in [0.2, 0.25) is 0 Å². The molecule has 6 nitrogen and oxygen atoms in total. The van der Waals surface area contributed by atoms with E-state index in [4.69, 9.17) is 4.74 Å². The highest BCUT2D eigenvalue weighted by atomic mass is 32.2. The lowest BCUT2D eigenvalue weighted by atomic mass is 10.3. The third-order valence-electron chi connectivity index (χ3n) is 2.46. The number of ether oxygens (including phenoxy) is 1. The first kappa shape index (κ1) is 15.3. The van der Waals surface area contributed by atoms with Crippen molar-refractivity contribution in [2.45, 2.75) is 31.3 Å². The minimum atomic E-state index is -1.78. The van der Waals surface area contributed by atoms with Gasteiger partial charge in [0.1, 0.15) is 10.6 Å². The summed E-state index contributed by atoms with van der Waals surface area (Å²) in [6.45, 7) is 3.59. The maximum atomic E-state index is 12.0. The molecule has 0 saturated heterocycles. The molecule has 0 saturated carbocycles. The molecule has 104 valence electrons. The summed E-state index contributed by atoms with van der Waals surface area (Å²) in [6, 6.07) is 5.66. The van der Waals surface area contributed by atoms with Gasteiger partial charge in [0.25, 0.3) is 5.69 Å². The number of para-hydroxylation sites is 1. The molecular formula is C12H15NO5S. The number of rotatable bonds is 6. The highest BCUT2D eigenvalue weighted by molar-refractivity contribution is 7.85. The lowest BCUT2D eigenvalue weighted by Crippen LogP contribution is -2.20. The van der Waals surface area contributed by atoms with Gasteiger partial charge in [0.15, 0.2) is 0 Å². The summed E-state index contributed by atoms with van der Waals surface area (Å²) in [5, 5.41) is 10.8. The predicted octanol–water partition coefficient (Wildman–Crippen LogP) is 2.04. The van der Waals surface area contributed by atoms with E-state index in [0.29, 0.717) is 6.42 Å². The number of nitro groups is 1. The Morgan fingerprint density at radius 2 is 2.11 bits per heavy atom. The van der Waals surface area contributed by atoms with E-state index in [1.54, 1.807) is 13.0 Å². The van der Waals surface area contributed by atoms with E-state index in [9.17, 15) is 19.1 Å². The zero-order valence-electron chi connectivity index (χ0n) is 10.7. The Bertz CT molecular complexity index is 503. The number of hydrogen-bond donors (Lipinski definition) is 0. The van der Waals surface area contributed by atoms with Crippen molar-refractivity contribution in [1.29, 1.82) is 0 Å². The van der Waals surface area contributed by atoms with Gasteiger partial charge >= 0.3 is 5.97 Å². The van der Waals surface area contributed by atoms with Crippen LogP contribution in [0.4, 0.5) is 5.69 Å². The van der Waals surface area contributed by atoms with Crippen LogP contribution >= 0.6 is 0 Å². The van der Waals surface area contributed by atoms with Crippen LogP contribution in [0, 0.1) is 10.1 Å². The van der Waals surface area contributed by atoms with Crippen LogP contribution in [0.1, 0.15) is 20.3 Å². The fourth-order valence-corrected chi connectivity index (χ4v) is 2.37.